The van der Waals surface area contributed by atoms with Gasteiger partial charge in [0.05, 0.1) is 11.1 Å². The van der Waals surface area contributed by atoms with E-state index in [4.69, 9.17) is 9.84 Å². The summed E-state index contributed by atoms with van der Waals surface area (Å²) in [5, 5.41) is 11.7. The number of ether oxygens (including phenoxy) is 1. The Hall–Kier alpha value is -2.66. The lowest BCUT2D eigenvalue weighted by molar-refractivity contribution is 0.0692. The van der Waals surface area contributed by atoms with E-state index in [2.05, 4.69) is 0 Å². The summed E-state index contributed by atoms with van der Waals surface area (Å²) in [6, 6.07) is 13.1. The highest BCUT2D eigenvalue weighted by molar-refractivity contribution is 7.17. The Bertz CT molecular complexity index is 818. The van der Waals surface area contributed by atoms with Gasteiger partial charge in [-0.1, -0.05) is 6.07 Å². The van der Waals surface area contributed by atoms with Crippen LogP contribution in [0.1, 0.15) is 20.7 Å². The predicted octanol–water partition coefficient (Wildman–Crippen LogP) is 3.82. The molecule has 4 nitrogen and oxygen atoms in total. The van der Waals surface area contributed by atoms with Crippen molar-refractivity contribution in [2.75, 3.05) is 0 Å². The molecule has 0 spiro atoms. The van der Waals surface area contributed by atoms with Crippen LogP contribution in [0.2, 0.25) is 0 Å². The second-order valence-electron chi connectivity index (χ2n) is 4.36. The topological polar surface area (TPSA) is 63.6 Å². The Balaban J connectivity index is 1.86. The third-order valence-electron chi connectivity index (χ3n) is 3.03. The number of carbonyl (C=O) groups excluding carboxylic acids is 1. The monoisotopic (exact) mass is 298 g/mol. The normalized spacial score (nSPS) is 10.5. The molecule has 3 aromatic rings. The number of hydrogen-bond donors (Lipinski definition) is 1. The van der Waals surface area contributed by atoms with Crippen molar-refractivity contribution in [2.24, 2.45) is 0 Å². The zero-order chi connectivity index (χ0) is 14.8. The number of carboxylic acids is 1. The summed E-state index contributed by atoms with van der Waals surface area (Å²) in [7, 11) is 0. The summed E-state index contributed by atoms with van der Waals surface area (Å²) in [6.45, 7) is 0. The van der Waals surface area contributed by atoms with Crippen LogP contribution < -0.4 is 4.74 Å². The maximum absolute atomic E-state index is 12.1. The molecule has 0 fully saturated rings. The van der Waals surface area contributed by atoms with Gasteiger partial charge in [0.25, 0.3) is 0 Å². The minimum Gasteiger partial charge on any atom is -0.478 e. The summed E-state index contributed by atoms with van der Waals surface area (Å²) < 4.78 is 6.44. The van der Waals surface area contributed by atoms with Crippen LogP contribution >= 0.6 is 11.3 Å². The van der Waals surface area contributed by atoms with E-state index in [1.165, 1.54) is 24.3 Å². The van der Waals surface area contributed by atoms with E-state index in [0.717, 1.165) is 10.1 Å². The fourth-order valence-electron chi connectivity index (χ4n) is 1.96. The summed E-state index contributed by atoms with van der Waals surface area (Å²) in [6.07, 6.45) is 0. The van der Waals surface area contributed by atoms with Crippen LogP contribution in [-0.4, -0.2) is 17.0 Å². The molecule has 0 aliphatic rings. The molecule has 21 heavy (non-hydrogen) atoms. The first-order valence-electron chi connectivity index (χ1n) is 6.17. The Morgan fingerprint density at radius 2 is 1.67 bits per heavy atom. The average Bonchev–Trinajstić information content (AvgIpc) is 2.97. The van der Waals surface area contributed by atoms with E-state index in [1.54, 1.807) is 17.4 Å². The lowest BCUT2D eigenvalue weighted by Gasteiger charge is -2.06. The van der Waals surface area contributed by atoms with Gasteiger partial charge in [-0.05, 0) is 47.8 Å². The van der Waals surface area contributed by atoms with Crippen molar-refractivity contribution in [3.8, 4) is 5.75 Å². The number of aromatic carboxylic acids is 1. The molecule has 0 aliphatic carbocycles. The molecule has 1 aromatic heterocycles. The molecular weight excluding hydrogens is 288 g/mol. The van der Waals surface area contributed by atoms with Crippen LogP contribution in [0.25, 0.3) is 10.1 Å². The molecule has 0 atom stereocenters. The van der Waals surface area contributed by atoms with Gasteiger partial charge in [0.15, 0.2) is 0 Å². The molecule has 1 heterocycles. The second kappa shape index (κ2) is 5.38. The first-order valence-corrected chi connectivity index (χ1v) is 7.05. The van der Waals surface area contributed by atoms with E-state index < -0.39 is 11.9 Å². The molecular formula is C16H10O4S. The number of benzene rings is 2. The molecule has 0 bridgehead atoms. The van der Waals surface area contributed by atoms with Gasteiger partial charge in [-0.15, -0.1) is 11.3 Å². The molecule has 0 aliphatic heterocycles. The van der Waals surface area contributed by atoms with E-state index in [9.17, 15) is 9.59 Å². The molecule has 3 rings (SSSR count). The number of carboxylic acid groups (broad SMARTS) is 1. The van der Waals surface area contributed by atoms with Crippen LogP contribution in [0, 0.1) is 0 Å². The van der Waals surface area contributed by atoms with Crippen LogP contribution in [0.3, 0.4) is 0 Å². The lowest BCUT2D eigenvalue weighted by atomic mass is 10.1. The molecule has 1 N–H and O–H groups in total. The molecule has 0 amide bonds. The largest absolute Gasteiger partial charge is 0.478 e. The highest BCUT2D eigenvalue weighted by Gasteiger charge is 2.12. The first-order chi connectivity index (χ1) is 10.1. The van der Waals surface area contributed by atoms with Crippen molar-refractivity contribution in [3.05, 3.63) is 65.0 Å². The SMILES string of the molecule is O=C(O)c1ccc(C(=O)Oc2cccc3sccc23)cc1. The smallest absolute Gasteiger partial charge is 0.343 e. The molecule has 0 saturated heterocycles. The highest BCUT2D eigenvalue weighted by atomic mass is 32.1. The van der Waals surface area contributed by atoms with Crippen molar-refractivity contribution in [1.82, 2.24) is 0 Å². The van der Waals surface area contributed by atoms with Gasteiger partial charge in [-0.2, -0.15) is 0 Å². The number of hydrogen-bond acceptors (Lipinski definition) is 4. The maximum Gasteiger partial charge on any atom is 0.343 e. The number of rotatable bonds is 3. The van der Waals surface area contributed by atoms with Gasteiger partial charge in [0, 0.05) is 10.1 Å². The number of carbonyl (C=O) groups is 2. The summed E-state index contributed by atoms with van der Waals surface area (Å²) in [5.41, 5.74) is 0.443. The molecule has 104 valence electrons. The van der Waals surface area contributed by atoms with Gasteiger partial charge < -0.3 is 9.84 Å². The molecule has 0 saturated carbocycles. The van der Waals surface area contributed by atoms with Crippen LogP contribution in [0.5, 0.6) is 5.75 Å². The minimum atomic E-state index is -1.03. The quantitative estimate of drug-likeness (QED) is 0.590. The van der Waals surface area contributed by atoms with Gasteiger partial charge in [-0.25, -0.2) is 9.59 Å². The maximum atomic E-state index is 12.1. The summed E-state index contributed by atoms with van der Waals surface area (Å²) >= 11 is 1.57. The summed E-state index contributed by atoms with van der Waals surface area (Å²) in [5.74, 6) is -1.04. The van der Waals surface area contributed by atoms with Crippen molar-refractivity contribution in [3.63, 3.8) is 0 Å². The zero-order valence-electron chi connectivity index (χ0n) is 10.8. The van der Waals surface area contributed by atoms with Crippen molar-refractivity contribution in [2.45, 2.75) is 0 Å². The standard InChI is InChI=1S/C16H10O4S/c17-15(18)10-4-6-11(7-5-10)16(19)20-13-2-1-3-14-12(13)8-9-21-14/h1-9H,(H,17,18). The Kier molecular flexibility index (Phi) is 3.41. The van der Waals surface area contributed by atoms with Crippen LogP contribution in [0.4, 0.5) is 0 Å². The Morgan fingerprint density at radius 3 is 2.38 bits per heavy atom. The van der Waals surface area contributed by atoms with Crippen LogP contribution in [-0.2, 0) is 0 Å². The van der Waals surface area contributed by atoms with Gasteiger partial charge in [0.1, 0.15) is 5.75 Å². The van der Waals surface area contributed by atoms with E-state index in [0.29, 0.717) is 11.3 Å². The Labute approximate surface area is 124 Å². The van der Waals surface area contributed by atoms with Crippen molar-refractivity contribution in [1.29, 1.82) is 0 Å². The van der Waals surface area contributed by atoms with Gasteiger partial charge >= 0.3 is 11.9 Å². The molecule has 0 unspecified atom stereocenters. The number of fused-ring (bicyclic) bond motifs is 1. The van der Waals surface area contributed by atoms with Gasteiger partial charge in [-0.3, -0.25) is 0 Å². The fraction of sp³-hybridized carbons (Fsp3) is 0. The van der Waals surface area contributed by atoms with Crippen molar-refractivity contribution >= 4 is 33.4 Å². The Morgan fingerprint density at radius 1 is 0.952 bits per heavy atom. The number of thiophene rings is 1. The van der Waals surface area contributed by atoms with E-state index in [-0.39, 0.29) is 5.56 Å². The summed E-state index contributed by atoms with van der Waals surface area (Å²) in [4.78, 5) is 22.9. The fourth-order valence-corrected chi connectivity index (χ4v) is 2.77. The lowest BCUT2D eigenvalue weighted by Crippen LogP contribution is -2.09. The molecule has 2 aromatic carbocycles. The minimum absolute atomic E-state index is 0.131. The first kappa shape index (κ1) is 13.3. The highest BCUT2D eigenvalue weighted by Crippen LogP contribution is 2.30. The van der Waals surface area contributed by atoms with Crippen LogP contribution in [0.15, 0.2) is 53.9 Å². The zero-order valence-corrected chi connectivity index (χ0v) is 11.6. The average molecular weight is 298 g/mol. The second-order valence-corrected chi connectivity index (χ2v) is 5.31. The van der Waals surface area contributed by atoms with E-state index in [1.807, 2.05) is 23.6 Å². The van der Waals surface area contributed by atoms with Crippen molar-refractivity contribution < 1.29 is 19.4 Å². The third-order valence-corrected chi connectivity index (χ3v) is 3.91. The molecule has 0 radical (unpaired) electrons. The van der Waals surface area contributed by atoms with Gasteiger partial charge in [0.2, 0.25) is 0 Å². The van der Waals surface area contributed by atoms with E-state index >= 15 is 0 Å². The molecule has 5 heteroatoms. The third kappa shape index (κ3) is 2.64. The predicted molar refractivity (Wildman–Crippen MR) is 80.2 cm³/mol. The number of esters is 1.